The van der Waals surface area contributed by atoms with Gasteiger partial charge in [-0.3, -0.25) is 4.79 Å². The molecule has 0 saturated heterocycles. The van der Waals surface area contributed by atoms with Gasteiger partial charge in [0.05, 0.1) is 5.56 Å². The molecule has 96 valence electrons. The first-order chi connectivity index (χ1) is 7.30. The number of aliphatic carboxylic acids is 1. The molecule has 0 aromatic heterocycles. The van der Waals surface area contributed by atoms with Crippen molar-refractivity contribution in [3.05, 3.63) is 35.4 Å². The predicted molar refractivity (Wildman–Crippen MR) is 58.0 cm³/mol. The van der Waals surface area contributed by atoms with Crippen molar-refractivity contribution >= 4 is 18.4 Å². The Bertz CT molecular complexity index is 378. The summed E-state index contributed by atoms with van der Waals surface area (Å²) in [6.45, 7) is 0. The van der Waals surface area contributed by atoms with Crippen LogP contribution in [0.5, 0.6) is 0 Å². The number of nitrogens with two attached hydrogens (primary N) is 1. The number of benzene rings is 1. The number of carboxylic acid groups (broad SMARTS) is 1. The summed E-state index contributed by atoms with van der Waals surface area (Å²) in [6, 6.07) is 3.17. The first-order valence-electron chi connectivity index (χ1n) is 4.45. The molecule has 0 heterocycles. The second kappa shape index (κ2) is 5.88. The van der Waals surface area contributed by atoms with Crippen molar-refractivity contribution in [2.24, 2.45) is 5.73 Å². The first-order valence-corrected chi connectivity index (χ1v) is 4.45. The topological polar surface area (TPSA) is 63.3 Å². The van der Waals surface area contributed by atoms with Gasteiger partial charge in [-0.15, -0.1) is 12.4 Å². The summed E-state index contributed by atoms with van der Waals surface area (Å²) in [6.07, 6.45) is -4.37. The van der Waals surface area contributed by atoms with Crippen molar-refractivity contribution in [1.82, 2.24) is 0 Å². The average Bonchev–Trinajstić information content (AvgIpc) is 2.17. The molecule has 1 aromatic rings. The summed E-state index contributed by atoms with van der Waals surface area (Å²) in [5.41, 5.74) is 4.95. The van der Waals surface area contributed by atoms with Gasteiger partial charge in [0.1, 0.15) is 6.04 Å². The van der Waals surface area contributed by atoms with Crippen LogP contribution in [0.15, 0.2) is 24.3 Å². The van der Waals surface area contributed by atoms with Crippen LogP contribution in [-0.2, 0) is 17.4 Å². The van der Waals surface area contributed by atoms with Crippen molar-refractivity contribution in [2.75, 3.05) is 0 Å². The lowest BCUT2D eigenvalue weighted by Crippen LogP contribution is -2.32. The van der Waals surface area contributed by atoms with E-state index in [1.807, 2.05) is 0 Å². The van der Waals surface area contributed by atoms with Gasteiger partial charge in [-0.2, -0.15) is 13.2 Å². The molecule has 3 N–H and O–H groups in total. The monoisotopic (exact) mass is 269 g/mol. The van der Waals surface area contributed by atoms with Crippen LogP contribution in [0.4, 0.5) is 13.2 Å². The summed E-state index contributed by atoms with van der Waals surface area (Å²) in [5.74, 6) is -1.18. The second-order valence-corrected chi connectivity index (χ2v) is 3.34. The van der Waals surface area contributed by atoms with Crippen LogP contribution in [-0.4, -0.2) is 17.1 Å². The van der Waals surface area contributed by atoms with Crippen LogP contribution in [0.1, 0.15) is 11.1 Å². The molecule has 1 rings (SSSR count). The summed E-state index contributed by atoms with van der Waals surface area (Å²) in [4.78, 5) is 10.4. The molecule has 0 aliphatic carbocycles. The third-order valence-electron chi connectivity index (χ3n) is 2.05. The Hall–Kier alpha value is -1.27. The highest BCUT2D eigenvalue weighted by Gasteiger charge is 2.30. The fraction of sp³-hybridized carbons (Fsp3) is 0.300. The van der Waals surface area contributed by atoms with E-state index in [0.29, 0.717) is 5.56 Å². The van der Waals surface area contributed by atoms with Gasteiger partial charge >= 0.3 is 12.1 Å². The maximum absolute atomic E-state index is 12.2. The van der Waals surface area contributed by atoms with E-state index in [0.717, 1.165) is 12.1 Å². The lowest BCUT2D eigenvalue weighted by Gasteiger charge is -2.09. The highest BCUT2D eigenvalue weighted by atomic mass is 35.5. The van der Waals surface area contributed by atoms with Crippen LogP contribution < -0.4 is 5.73 Å². The van der Waals surface area contributed by atoms with Gasteiger partial charge in [-0.05, 0) is 24.1 Å². The molecule has 0 unspecified atom stereocenters. The molecule has 1 aromatic carbocycles. The van der Waals surface area contributed by atoms with Gasteiger partial charge in [0, 0.05) is 0 Å². The van der Waals surface area contributed by atoms with E-state index < -0.39 is 23.8 Å². The number of hydrogen-bond acceptors (Lipinski definition) is 2. The fourth-order valence-electron chi connectivity index (χ4n) is 1.17. The molecule has 1 atom stereocenters. The summed E-state index contributed by atoms with van der Waals surface area (Å²) < 4.78 is 36.6. The smallest absolute Gasteiger partial charge is 0.416 e. The number of carboxylic acids is 1. The number of carbonyl (C=O) groups is 1. The van der Waals surface area contributed by atoms with Crippen LogP contribution in [0.2, 0.25) is 0 Å². The van der Waals surface area contributed by atoms with E-state index in [2.05, 4.69) is 0 Å². The van der Waals surface area contributed by atoms with Gasteiger partial charge in [0.15, 0.2) is 0 Å². The summed E-state index contributed by atoms with van der Waals surface area (Å²) in [5, 5.41) is 8.52. The highest BCUT2D eigenvalue weighted by Crippen LogP contribution is 2.29. The van der Waals surface area contributed by atoms with Crippen LogP contribution >= 0.6 is 12.4 Å². The molecule has 3 nitrogen and oxygen atoms in total. The number of rotatable bonds is 3. The largest absolute Gasteiger partial charge is 0.480 e. The number of hydrogen-bond donors (Lipinski definition) is 2. The van der Waals surface area contributed by atoms with Crippen molar-refractivity contribution in [3.8, 4) is 0 Å². The van der Waals surface area contributed by atoms with Gasteiger partial charge in [0.2, 0.25) is 0 Å². The zero-order valence-corrected chi connectivity index (χ0v) is 9.39. The maximum Gasteiger partial charge on any atom is 0.416 e. The predicted octanol–water partition coefficient (Wildman–Crippen LogP) is 2.08. The van der Waals surface area contributed by atoms with Gasteiger partial charge < -0.3 is 10.8 Å². The lowest BCUT2D eigenvalue weighted by atomic mass is 10.0. The summed E-state index contributed by atoms with van der Waals surface area (Å²) >= 11 is 0. The van der Waals surface area contributed by atoms with Crippen molar-refractivity contribution in [2.45, 2.75) is 18.6 Å². The third-order valence-corrected chi connectivity index (χ3v) is 2.05. The quantitative estimate of drug-likeness (QED) is 0.883. The van der Waals surface area contributed by atoms with E-state index in [4.69, 9.17) is 10.8 Å². The SMILES string of the molecule is Cl.N[C@H](Cc1ccc(C(F)(F)F)cc1)C(=O)O. The molecular weight excluding hydrogens is 259 g/mol. The van der Waals surface area contributed by atoms with E-state index in [-0.39, 0.29) is 18.8 Å². The molecule has 0 amide bonds. The standard InChI is InChI=1S/C10H10F3NO2.ClH/c11-10(12,13)7-3-1-6(2-4-7)5-8(14)9(15)16;/h1-4,8H,5,14H2,(H,15,16);1H/t8-;/m1./s1. The van der Waals surface area contributed by atoms with Crippen LogP contribution in [0.3, 0.4) is 0 Å². The van der Waals surface area contributed by atoms with Crippen molar-refractivity contribution < 1.29 is 23.1 Å². The van der Waals surface area contributed by atoms with E-state index in [1.54, 1.807) is 0 Å². The minimum atomic E-state index is -4.38. The molecular formula is C10H11ClF3NO2. The average molecular weight is 270 g/mol. The molecule has 0 aliphatic rings. The first kappa shape index (κ1) is 15.7. The molecule has 0 radical (unpaired) electrons. The minimum Gasteiger partial charge on any atom is -0.480 e. The molecule has 0 fully saturated rings. The number of halogens is 4. The lowest BCUT2D eigenvalue weighted by molar-refractivity contribution is -0.139. The zero-order chi connectivity index (χ0) is 12.3. The maximum atomic E-state index is 12.2. The Morgan fingerprint density at radius 1 is 1.29 bits per heavy atom. The van der Waals surface area contributed by atoms with Crippen LogP contribution in [0, 0.1) is 0 Å². The second-order valence-electron chi connectivity index (χ2n) is 3.34. The fourth-order valence-corrected chi connectivity index (χ4v) is 1.17. The zero-order valence-electron chi connectivity index (χ0n) is 8.57. The Kier molecular flexibility index (Phi) is 5.44. The molecule has 0 aliphatic heterocycles. The molecule has 0 saturated carbocycles. The normalized spacial score (nSPS) is 12.7. The number of alkyl halides is 3. The molecule has 0 spiro atoms. The Labute approximate surface area is 102 Å². The van der Waals surface area contributed by atoms with Gasteiger partial charge in [-0.25, -0.2) is 0 Å². The Balaban J connectivity index is 0.00000256. The van der Waals surface area contributed by atoms with E-state index >= 15 is 0 Å². The Morgan fingerprint density at radius 3 is 2.12 bits per heavy atom. The Morgan fingerprint density at radius 2 is 1.76 bits per heavy atom. The minimum absolute atomic E-state index is 0. The van der Waals surface area contributed by atoms with Gasteiger partial charge in [0.25, 0.3) is 0 Å². The van der Waals surface area contributed by atoms with E-state index in [9.17, 15) is 18.0 Å². The van der Waals surface area contributed by atoms with Gasteiger partial charge in [-0.1, -0.05) is 12.1 Å². The molecule has 0 bridgehead atoms. The summed E-state index contributed by atoms with van der Waals surface area (Å²) in [7, 11) is 0. The highest BCUT2D eigenvalue weighted by molar-refractivity contribution is 5.85. The molecule has 17 heavy (non-hydrogen) atoms. The van der Waals surface area contributed by atoms with E-state index in [1.165, 1.54) is 12.1 Å². The molecule has 7 heteroatoms. The van der Waals surface area contributed by atoms with Crippen molar-refractivity contribution in [3.63, 3.8) is 0 Å². The van der Waals surface area contributed by atoms with Crippen molar-refractivity contribution in [1.29, 1.82) is 0 Å². The third kappa shape index (κ3) is 4.62. The van der Waals surface area contributed by atoms with Crippen LogP contribution in [0.25, 0.3) is 0 Å².